The molecule has 0 saturated heterocycles. The van der Waals surface area contributed by atoms with E-state index in [2.05, 4.69) is 17.9 Å². The molecule has 1 aliphatic carbocycles. The van der Waals surface area contributed by atoms with Gasteiger partial charge in [0.1, 0.15) is 6.04 Å². The van der Waals surface area contributed by atoms with E-state index in [0.29, 0.717) is 17.4 Å². The van der Waals surface area contributed by atoms with Crippen LogP contribution in [0.25, 0.3) is 0 Å². The standard InChI is InChI=1S/C21H29NO5S/c1-3-26-19(23)12-11-18(21(25)27-4-2)22-20(24)15-7-5-14(6-8-15)17-10-9-16(17)13-28/h5-8,16-18,28H,3-4,9-13H2,1-2H3,(H,22,24)/t16?,17?,18-/m0/s1. The van der Waals surface area contributed by atoms with Crippen molar-refractivity contribution in [2.24, 2.45) is 5.92 Å². The molecular formula is C21H29NO5S. The number of amides is 1. The third-order valence-electron chi connectivity index (χ3n) is 5.07. The number of benzene rings is 1. The Morgan fingerprint density at radius 2 is 1.79 bits per heavy atom. The predicted molar refractivity (Wildman–Crippen MR) is 110 cm³/mol. The van der Waals surface area contributed by atoms with Crippen molar-refractivity contribution in [3.8, 4) is 0 Å². The monoisotopic (exact) mass is 407 g/mol. The molecule has 28 heavy (non-hydrogen) atoms. The van der Waals surface area contributed by atoms with Gasteiger partial charge in [0, 0.05) is 12.0 Å². The van der Waals surface area contributed by atoms with Crippen LogP contribution in [0.1, 0.15) is 61.4 Å². The summed E-state index contributed by atoms with van der Waals surface area (Å²) in [6, 6.07) is 6.58. The molecule has 2 rings (SSSR count). The van der Waals surface area contributed by atoms with Crippen LogP contribution in [0, 0.1) is 5.92 Å². The molecule has 6 nitrogen and oxygen atoms in total. The fourth-order valence-electron chi connectivity index (χ4n) is 3.34. The Morgan fingerprint density at radius 1 is 1.11 bits per heavy atom. The molecule has 1 aliphatic rings. The van der Waals surface area contributed by atoms with Crippen molar-refractivity contribution in [1.29, 1.82) is 0 Å². The molecule has 0 radical (unpaired) electrons. The first-order valence-corrected chi connectivity index (χ1v) is 10.5. The van der Waals surface area contributed by atoms with Crippen LogP contribution in [0.4, 0.5) is 0 Å². The maximum atomic E-state index is 12.6. The molecule has 0 bridgehead atoms. The summed E-state index contributed by atoms with van der Waals surface area (Å²) >= 11 is 4.39. The van der Waals surface area contributed by atoms with E-state index in [1.807, 2.05) is 12.1 Å². The van der Waals surface area contributed by atoms with Gasteiger partial charge in [0.05, 0.1) is 13.2 Å². The SMILES string of the molecule is CCOC(=O)CC[C@H](NC(=O)c1ccc(C2CCC2CS)cc1)C(=O)OCC. The van der Waals surface area contributed by atoms with Gasteiger partial charge in [-0.1, -0.05) is 12.1 Å². The lowest BCUT2D eigenvalue weighted by Gasteiger charge is -2.36. The number of thiol groups is 1. The summed E-state index contributed by atoms with van der Waals surface area (Å²) < 4.78 is 9.90. The molecule has 0 aromatic heterocycles. The normalized spacial score (nSPS) is 19.2. The molecule has 1 amide bonds. The Balaban J connectivity index is 1.99. The molecule has 0 spiro atoms. The quantitative estimate of drug-likeness (QED) is 0.460. The molecule has 154 valence electrons. The van der Waals surface area contributed by atoms with E-state index in [4.69, 9.17) is 9.47 Å². The zero-order chi connectivity index (χ0) is 20.5. The second-order valence-corrected chi connectivity index (χ2v) is 7.24. The summed E-state index contributed by atoms with van der Waals surface area (Å²) in [5, 5.41) is 2.68. The summed E-state index contributed by atoms with van der Waals surface area (Å²) in [6.45, 7) is 3.89. The minimum Gasteiger partial charge on any atom is -0.466 e. The summed E-state index contributed by atoms with van der Waals surface area (Å²) in [4.78, 5) is 36.3. The van der Waals surface area contributed by atoms with Crippen molar-refractivity contribution in [3.63, 3.8) is 0 Å². The van der Waals surface area contributed by atoms with Crippen LogP contribution < -0.4 is 5.32 Å². The number of hydrogen-bond donors (Lipinski definition) is 2. The van der Waals surface area contributed by atoms with Crippen molar-refractivity contribution < 1.29 is 23.9 Å². The van der Waals surface area contributed by atoms with E-state index in [1.165, 1.54) is 12.0 Å². The van der Waals surface area contributed by atoms with Crippen molar-refractivity contribution in [2.75, 3.05) is 19.0 Å². The van der Waals surface area contributed by atoms with Gasteiger partial charge in [-0.25, -0.2) is 4.79 Å². The fraction of sp³-hybridized carbons (Fsp3) is 0.571. The number of nitrogens with one attached hydrogen (secondary N) is 1. The topological polar surface area (TPSA) is 81.7 Å². The zero-order valence-electron chi connectivity index (χ0n) is 16.5. The number of hydrogen-bond acceptors (Lipinski definition) is 6. The van der Waals surface area contributed by atoms with Crippen molar-refractivity contribution in [2.45, 2.75) is 51.5 Å². The molecule has 0 heterocycles. The Kier molecular flexibility index (Phi) is 8.83. The van der Waals surface area contributed by atoms with Crippen LogP contribution in [0.3, 0.4) is 0 Å². The van der Waals surface area contributed by atoms with Gasteiger partial charge in [0.2, 0.25) is 0 Å². The van der Waals surface area contributed by atoms with Crippen LogP contribution in [0.15, 0.2) is 24.3 Å². The van der Waals surface area contributed by atoms with Gasteiger partial charge in [0.15, 0.2) is 0 Å². The predicted octanol–water partition coefficient (Wildman–Crippen LogP) is 3.11. The van der Waals surface area contributed by atoms with Gasteiger partial charge in [-0.2, -0.15) is 12.6 Å². The third kappa shape index (κ3) is 5.99. The van der Waals surface area contributed by atoms with E-state index >= 15 is 0 Å². The average molecular weight is 408 g/mol. The van der Waals surface area contributed by atoms with E-state index < -0.39 is 18.0 Å². The minimum absolute atomic E-state index is 0.0311. The lowest BCUT2D eigenvalue weighted by Crippen LogP contribution is -2.42. The molecule has 1 aromatic carbocycles. The third-order valence-corrected chi connectivity index (χ3v) is 5.54. The summed E-state index contributed by atoms with van der Waals surface area (Å²) in [5.74, 6) is 0.644. The van der Waals surface area contributed by atoms with E-state index in [0.717, 1.165) is 12.2 Å². The lowest BCUT2D eigenvalue weighted by atomic mass is 9.71. The minimum atomic E-state index is -0.892. The first kappa shape index (κ1) is 22.3. The molecule has 1 aromatic rings. The van der Waals surface area contributed by atoms with Crippen LogP contribution >= 0.6 is 12.6 Å². The van der Waals surface area contributed by atoms with Crippen LogP contribution in [-0.4, -0.2) is 42.9 Å². The molecule has 2 unspecified atom stereocenters. The van der Waals surface area contributed by atoms with Crippen LogP contribution in [0.5, 0.6) is 0 Å². The largest absolute Gasteiger partial charge is 0.466 e. The summed E-state index contributed by atoms with van der Waals surface area (Å²) in [5.41, 5.74) is 1.68. The Hall–Kier alpha value is -2.02. The zero-order valence-corrected chi connectivity index (χ0v) is 17.4. The highest BCUT2D eigenvalue weighted by Crippen LogP contribution is 2.42. The van der Waals surface area contributed by atoms with Crippen LogP contribution in [-0.2, 0) is 19.1 Å². The van der Waals surface area contributed by atoms with Gasteiger partial charge in [-0.05, 0) is 68.4 Å². The molecular weight excluding hydrogens is 378 g/mol. The summed E-state index contributed by atoms with van der Waals surface area (Å²) in [6.07, 6.45) is 2.50. The number of carbonyl (C=O) groups excluding carboxylic acids is 3. The smallest absolute Gasteiger partial charge is 0.328 e. The van der Waals surface area contributed by atoms with Gasteiger partial charge in [-0.15, -0.1) is 0 Å². The first-order valence-electron chi connectivity index (χ1n) is 9.84. The first-order chi connectivity index (χ1) is 13.5. The maximum Gasteiger partial charge on any atom is 0.328 e. The number of ether oxygens (including phenoxy) is 2. The fourth-order valence-corrected chi connectivity index (χ4v) is 3.77. The Morgan fingerprint density at radius 3 is 2.32 bits per heavy atom. The van der Waals surface area contributed by atoms with Gasteiger partial charge in [0.25, 0.3) is 5.91 Å². The highest BCUT2D eigenvalue weighted by molar-refractivity contribution is 7.80. The molecule has 1 saturated carbocycles. The highest BCUT2D eigenvalue weighted by Gasteiger charge is 2.31. The second-order valence-electron chi connectivity index (χ2n) is 6.87. The van der Waals surface area contributed by atoms with E-state index in [-0.39, 0.29) is 32.0 Å². The van der Waals surface area contributed by atoms with Crippen molar-refractivity contribution in [1.82, 2.24) is 5.32 Å². The lowest BCUT2D eigenvalue weighted by molar-refractivity contribution is -0.146. The van der Waals surface area contributed by atoms with Gasteiger partial charge >= 0.3 is 11.9 Å². The average Bonchev–Trinajstić information content (AvgIpc) is 2.65. The van der Waals surface area contributed by atoms with E-state index in [1.54, 1.807) is 26.0 Å². The molecule has 7 heteroatoms. The molecule has 0 aliphatic heterocycles. The second kappa shape index (κ2) is 11.1. The van der Waals surface area contributed by atoms with Gasteiger partial charge < -0.3 is 14.8 Å². The number of rotatable bonds is 10. The van der Waals surface area contributed by atoms with E-state index in [9.17, 15) is 14.4 Å². The van der Waals surface area contributed by atoms with Crippen molar-refractivity contribution in [3.05, 3.63) is 35.4 Å². The molecule has 1 N–H and O–H groups in total. The molecule has 3 atom stereocenters. The number of carbonyl (C=O) groups is 3. The summed E-state index contributed by atoms with van der Waals surface area (Å²) in [7, 11) is 0. The Labute approximate surface area is 171 Å². The van der Waals surface area contributed by atoms with Crippen molar-refractivity contribution >= 4 is 30.5 Å². The highest BCUT2D eigenvalue weighted by atomic mass is 32.1. The number of esters is 2. The maximum absolute atomic E-state index is 12.6. The Bertz CT molecular complexity index is 674. The van der Waals surface area contributed by atoms with Gasteiger partial charge in [-0.3, -0.25) is 9.59 Å². The molecule has 1 fully saturated rings. The van der Waals surface area contributed by atoms with Crippen LogP contribution in [0.2, 0.25) is 0 Å².